The maximum Gasteiger partial charge on any atom is 0.150 e. The van der Waals surface area contributed by atoms with Crippen LogP contribution in [-0.4, -0.2) is 11.6 Å². The molecule has 0 aliphatic rings. The van der Waals surface area contributed by atoms with Gasteiger partial charge in [-0.2, -0.15) is 0 Å². The number of aldehydes is 1. The zero-order valence-corrected chi connectivity index (χ0v) is 8.12. The second-order valence-electron chi connectivity index (χ2n) is 2.34. The Morgan fingerprint density at radius 2 is 1.75 bits per heavy atom. The van der Waals surface area contributed by atoms with Crippen molar-refractivity contribution < 1.29 is 4.79 Å². The van der Waals surface area contributed by atoms with Gasteiger partial charge in [0.2, 0.25) is 0 Å². The number of benzene rings is 1. The highest BCUT2D eigenvalue weighted by molar-refractivity contribution is 9.09. The van der Waals surface area contributed by atoms with Crippen LogP contribution in [0.5, 0.6) is 0 Å². The van der Waals surface area contributed by atoms with Crippen LogP contribution in [0.4, 0.5) is 0 Å². The minimum Gasteiger partial charge on any atom is -0.298 e. The lowest BCUT2D eigenvalue weighted by Crippen LogP contribution is -1.78. The summed E-state index contributed by atoms with van der Waals surface area (Å²) in [6, 6.07) is 7.45. The predicted molar refractivity (Wildman–Crippen MR) is 54.7 cm³/mol. The van der Waals surface area contributed by atoms with Crippen molar-refractivity contribution in [2.45, 2.75) is 0 Å². The summed E-state index contributed by atoms with van der Waals surface area (Å²) >= 11 is 3.29. The third kappa shape index (κ3) is 2.62. The van der Waals surface area contributed by atoms with E-state index in [0.717, 1.165) is 17.2 Å². The summed E-state index contributed by atoms with van der Waals surface area (Å²) in [6.45, 7) is 0. The number of hydrogen-bond donors (Lipinski definition) is 0. The molecule has 0 aliphatic carbocycles. The van der Waals surface area contributed by atoms with E-state index in [2.05, 4.69) is 15.9 Å². The highest BCUT2D eigenvalue weighted by Crippen LogP contribution is 2.04. The van der Waals surface area contributed by atoms with E-state index in [1.165, 1.54) is 0 Å². The molecule has 1 aromatic rings. The lowest BCUT2D eigenvalue weighted by molar-refractivity contribution is 0.112. The molecule has 0 radical (unpaired) electrons. The van der Waals surface area contributed by atoms with Crippen LogP contribution in [-0.2, 0) is 0 Å². The number of alkyl halides is 1. The largest absolute Gasteiger partial charge is 0.298 e. The van der Waals surface area contributed by atoms with E-state index in [9.17, 15) is 4.79 Å². The van der Waals surface area contributed by atoms with Crippen molar-refractivity contribution in [3.8, 4) is 0 Å². The Bertz CT molecular complexity index is 274. The molecule has 62 valence electrons. The second-order valence-corrected chi connectivity index (χ2v) is 2.99. The summed E-state index contributed by atoms with van der Waals surface area (Å²) in [4.78, 5) is 10.3. The highest BCUT2D eigenvalue weighted by atomic mass is 79.9. The molecule has 0 heterocycles. The molecule has 0 saturated carbocycles. The van der Waals surface area contributed by atoms with Gasteiger partial charge in [0, 0.05) is 10.9 Å². The Balaban J connectivity index is 2.77. The molecule has 1 aromatic carbocycles. The van der Waals surface area contributed by atoms with Gasteiger partial charge in [-0.25, -0.2) is 0 Å². The van der Waals surface area contributed by atoms with Gasteiger partial charge in [-0.3, -0.25) is 4.79 Å². The van der Waals surface area contributed by atoms with E-state index in [1.807, 2.05) is 24.3 Å². The van der Waals surface area contributed by atoms with Gasteiger partial charge in [0.05, 0.1) is 0 Å². The molecule has 0 fully saturated rings. The summed E-state index contributed by atoms with van der Waals surface area (Å²) < 4.78 is 0. The van der Waals surface area contributed by atoms with E-state index in [1.54, 1.807) is 12.1 Å². The van der Waals surface area contributed by atoms with E-state index in [0.29, 0.717) is 5.56 Å². The van der Waals surface area contributed by atoms with Gasteiger partial charge in [0.1, 0.15) is 6.29 Å². The smallest absolute Gasteiger partial charge is 0.150 e. The molecular weight excluding hydrogens is 216 g/mol. The van der Waals surface area contributed by atoms with Crippen LogP contribution in [0.15, 0.2) is 30.3 Å². The van der Waals surface area contributed by atoms with E-state index in [-0.39, 0.29) is 0 Å². The van der Waals surface area contributed by atoms with Gasteiger partial charge < -0.3 is 0 Å². The Labute approximate surface area is 80.2 Å². The number of allylic oxidation sites excluding steroid dienone is 1. The van der Waals surface area contributed by atoms with Gasteiger partial charge in [-0.1, -0.05) is 52.3 Å². The van der Waals surface area contributed by atoms with Crippen molar-refractivity contribution in [3.05, 3.63) is 41.5 Å². The van der Waals surface area contributed by atoms with Crippen molar-refractivity contribution in [2.24, 2.45) is 0 Å². The molecule has 0 N–H and O–H groups in total. The standard InChI is InChI=1S/C10H9BrO/c11-7-1-2-9-3-5-10(8-12)6-4-9/h1-6,8H,7H2. The first-order chi connectivity index (χ1) is 5.86. The lowest BCUT2D eigenvalue weighted by atomic mass is 10.1. The number of rotatable bonds is 3. The Kier molecular flexibility index (Phi) is 3.74. The number of hydrogen-bond acceptors (Lipinski definition) is 1. The molecule has 0 unspecified atom stereocenters. The molecule has 12 heavy (non-hydrogen) atoms. The van der Waals surface area contributed by atoms with Crippen LogP contribution in [0.25, 0.3) is 6.08 Å². The predicted octanol–water partition coefficient (Wildman–Crippen LogP) is 2.91. The first-order valence-electron chi connectivity index (χ1n) is 3.64. The molecule has 2 heteroatoms. The topological polar surface area (TPSA) is 17.1 Å². The van der Waals surface area contributed by atoms with Gasteiger partial charge in [0.25, 0.3) is 0 Å². The zero-order valence-electron chi connectivity index (χ0n) is 6.53. The minimum atomic E-state index is 0.714. The molecule has 0 spiro atoms. The highest BCUT2D eigenvalue weighted by Gasteiger charge is 1.88. The molecule has 0 atom stereocenters. The third-order valence-corrected chi connectivity index (χ3v) is 1.85. The summed E-state index contributed by atoms with van der Waals surface area (Å²) in [5.41, 5.74) is 1.83. The number of halogens is 1. The second kappa shape index (κ2) is 4.88. The normalized spacial score (nSPS) is 10.4. The number of carbonyl (C=O) groups excluding carboxylic acids is 1. The molecule has 0 aromatic heterocycles. The third-order valence-electron chi connectivity index (χ3n) is 1.47. The van der Waals surface area contributed by atoms with Crippen LogP contribution in [0.1, 0.15) is 15.9 Å². The Morgan fingerprint density at radius 3 is 2.25 bits per heavy atom. The van der Waals surface area contributed by atoms with Crippen LogP contribution >= 0.6 is 15.9 Å². The van der Waals surface area contributed by atoms with E-state index in [4.69, 9.17) is 0 Å². The van der Waals surface area contributed by atoms with Crippen LogP contribution in [0, 0.1) is 0 Å². The summed E-state index contributed by atoms with van der Waals surface area (Å²) in [5, 5.41) is 0.850. The number of carbonyl (C=O) groups is 1. The van der Waals surface area contributed by atoms with Gasteiger partial charge in [-0.15, -0.1) is 0 Å². The molecular formula is C10H9BrO. The molecule has 0 bridgehead atoms. The first-order valence-corrected chi connectivity index (χ1v) is 4.76. The van der Waals surface area contributed by atoms with Crippen LogP contribution < -0.4 is 0 Å². The van der Waals surface area contributed by atoms with Crippen molar-refractivity contribution in [3.63, 3.8) is 0 Å². The van der Waals surface area contributed by atoms with Gasteiger partial charge >= 0.3 is 0 Å². The van der Waals surface area contributed by atoms with Crippen LogP contribution in [0.2, 0.25) is 0 Å². The molecule has 1 rings (SSSR count). The maximum atomic E-state index is 10.3. The average molecular weight is 225 g/mol. The van der Waals surface area contributed by atoms with Crippen molar-refractivity contribution in [1.82, 2.24) is 0 Å². The SMILES string of the molecule is O=Cc1ccc(C=CCBr)cc1. The first kappa shape index (κ1) is 9.20. The van der Waals surface area contributed by atoms with Gasteiger partial charge in [-0.05, 0) is 5.56 Å². The van der Waals surface area contributed by atoms with E-state index >= 15 is 0 Å². The summed E-state index contributed by atoms with van der Waals surface area (Å²) in [5.74, 6) is 0. The maximum absolute atomic E-state index is 10.3. The summed E-state index contributed by atoms with van der Waals surface area (Å²) in [7, 11) is 0. The molecule has 0 amide bonds. The van der Waals surface area contributed by atoms with Crippen molar-refractivity contribution in [2.75, 3.05) is 5.33 Å². The molecule has 0 aliphatic heterocycles. The van der Waals surface area contributed by atoms with Crippen molar-refractivity contribution >= 4 is 28.3 Å². The Morgan fingerprint density at radius 1 is 1.17 bits per heavy atom. The minimum absolute atomic E-state index is 0.714. The lowest BCUT2D eigenvalue weighted by Gasteiger charge is -1.92. The fraction of sp³-hybridized carbons (Fsp3) is 0.100. The molecule has 0 saturated heterocycles. The van der Waals surface area contributed by atoms with E-state index < -0.39 is 0 Å². The fourth-order valence-corrected chi connectivity index (χ4v) is 1.05. The molecule has 1 nitrogen and oxygen atoms in total. The van der Waals surface area contributed by atoms with Gasteiger partial charge in [0.15, 0.2) is 0 Å². The van der Waals surface area contributed by atoms with Crippen LogP contribution in [0.3, 0.4) is 0 Å². The van der Waals surface area contributed by atoms with Crippen molar-refractivity contribution in [1.29, 1.82) is 0 Å². The Hall–Kier alpha value is -0.890. The zero-order chi connectivity index (χ0) is 8.81. The fourth-order valence-electron chi connectivity index (χ4n) is 0.866. The summed E-state index contributed by atoms with van der Waals surface area (Å²) in [6.07, 6.45) is 4.86. The average Bonchev–Trinajstić information content (AvgIpc) is 2.15. The quantitative estimate of drug-likeness (QED) is 0.571. The monoisotopic (exact) mass is 224 g/mol.